The van der Waals surface area contributed by atoms with Gasteiger partial charge in [0.15, 0.2) is 6.61 Å². The number of ether oxygens (including phenoxy) is 1. The molecule has 0 aliphatic rings. The molecule has 0 radical (unpaired) electrons. The minimum absolute atomic E-state index is 0.182. The van der Waals surface area contributed by atoms with E-state index in [1.54, 1.807) is 6.20 Å². The molecule has 0 unspecified atom stereocenters. The van der Waals surface area contributed by atoms with Crippen LogP contribution in [0, 0.1) is 0 Å². The minimum Gasteiger partial charge on any atom is -0.454 e. The highest BCUT2D eigenvalue weighted by Gasteiger charge is 2.16. The summed E-state index contributed by atoms with van der Waals surface area (Å²) in [7, 11) is 0. The summed E-state index contributed by atoms with van der Waals surface area (Å²) in [6.45, 7) is -0.358. The molecule has 3 N–H and O–H groups in total. The molecule has 3 aromatic rings. The van der Waals surface area contributed by atoms with Gasteiger partial charge in [-0.1, -0.05) is 29.8 Å². The number of H-pyrrole nitrogens is 1. The van der Waals surface area contributed by atoms with Gasteiger partial charge in [-0.25, -0.2) is 4.79 Å². The number of hydrogen-bond acceptors (Lipinski definition) is 4. The SMILES string of the molecule is Nc1cc(Cl)ccc1C(=O)OCC(=O)c1c[nH]c2ccccc12. The van der Waals surface area contributed by atoms with Gasteiger partial charge in [0, 0.05) is 33.4 Å². The number of benzene rings is 2. The van der Waals surface area contributed by atoms with Gasteiger partial charge in [0.1, 0.15) is 0 Å². The van der Waals surface area contributed by atoms with Crippen molar-refractivity contribution in [1.29, 1.82) is 0 Å². The molecule has 116 valence electrons. The van der Waals surface area contributed by atoms with E-state index in [1.807, 2.05) is 24.3 Å². The van der Waals surface area contributed by atoms with Gasteiger partial charge in [0.2, 0.25) is 5.78 Å². The van der Waals surface area contributed by atoms with Crippen LogP contribution in [0.1, 0.15) is 20.7 Å². The standard InChI is InChI=1S/C17H13ClN2O3/c18-10-5-6-12(14(19)7-10)17(22)23-9-16(21)13-8-20-15-4-2-1-3-11(13)15/h1-8,20H,9,19H2. The number of hydrogen-bond donors (Lipinski definition) is 2. The number of esters is 1. The monoisotopic (exact) mass is 328 g/mol. The molecule has 23 heavy (non-hydrogen) atoms. The molecular weight excluding hydrogens is 316 g/mol. The Labute approximate surface area is 137 Å². The van der Waals surface area contributed by atoms with Crippen LogP contribution in [0.2, 0.25) is 5.02 Å². The predicted octanol–water partition coefficient (Wildman–Crippen LogP) is 3.44. The lowest BCUT2D eigenvalue weighted by molar-refractivity contribution is 0.0476. The Morgan fingerprint density at radius 3 is 2.70 bits per heavy atom. The van der Waals surface area contributed by atoms with Crippen LogP contribution in [0.4, 0.5) is 5.69 Å². The zero-order valence-electron chi connectivity index (χ0n) is 12.0. The van der Waals surface area contributed by atoms with Crippen molar-refractivity contribution in [3.05, 3.63) is 64.8 Å². The maximum Gasteiger partial charge on any atom is 0.340 e. The Kier molecular flexibility index (Phi) is 4.04. The number of aromatic amines is 1. The zero-order valence-corrected chi connectivity index (χ0v) is 12.8. The number of Topliss-reactive ketones (excluding diaryl/α,β-unsaturated/α-hetero) is 1. The number of nitrogen functional groups attached to an aromatic ring is 1. The van der Waals surface area contributed by atoms with E-state index in [0.29, 0.717) is 10.6 Å². The summed E-state index contributed by atoms with van der Waals surface area (Å²) in [6.07, 6.45) is 1.61. The molecule has 0 bridgehead atoms. The van der Waals surface area contributed by atoms with Crippen LogP contribution in [0.3, 0.4) is 0 Å². The highest BCUT2D eigenvalue weighted by molar-refractivity contribution is 6.31. The smallest absolute Gasteiger partial charge is 0.340 e. The minimum atomic E-state index is -0.660. The molecule has 0 amide bonds. The van der Waals surface area contributed by atoms with E-state index in [2.05, 4.69) is 4.98 Å². The number of nitrogens with two attached hydrogens (primary N) is 1. The van der Waals surface area contributed by atoms with Gasteiger partial charge in [-0.05, 0) is 24.3 Å². The fourth-order valence-corrected chi connectivity index (χ4v) is 2.49. The first-order valence-electron chi connectivity index (χ1n) is 6.87. The third-order valence-corrected chi connectivity index (χ3v) is 3.69. The van der Waals surface area contributed by atoms with Crippen LogP contribution in [-0.2, 0) is 4.74 Å². The van der Waals surface area contributed by atoms with Crippen molar-refractivity contribution in [3.8, 4) is 0 Å². The van der Waals surface area contributed by atoms with Crippen molar-refractivity contribution < 1.29 is 14.3 Å². The first kappa shape index (κ1) is 15.1. The van der Waals surface area contributed by atoms with E-state index in [4.69, 9.17) is 22.1 Å². The summed E-state index contributed by atoms with van der Waals surface area (Å²) in [4.78, 5) is 27.3. The van der Waals surface area contributed by atoms with Crippen molar-refractivity contribution in [2.45, 2.75) is 0 Å². The maximum atomic E-state index is 12.2. The Bertz CT molecular complexity index is 902. The second-order valence-corrected chi connectivity index (χ2v) is 5.42. The van der Waals surface area contributed by atoms with Gasteiger partial charge in [-0.2, -0.15) is 0 Å². The molecule has 0 aliphatic heterocycles. The van der Waals surface area contributed by atoms with E-state index >= 15 is 0 Å². The van der Waals surface area contributed by atoms with Crippen molar-refractivity contribution in [3.63, 3.8) is 0 Å². The summed E-state index contributed by atoms with van der Waals surface area (Å²) in [6, 6.07) is 11.9. The highest BCUT2D eigenvalue weighted by Crippen LogP contribution is 2.20. The number of halogens is 1. The van der Waals surface area contributed by atoms with Crippen LogP contribution in [0.5, 0.6) is 0 Å². The molecule has 2 aromatic carbocycles. The molecule has 0 spiro atoms. The number of para-hydroxylation sites is 1. The number of fused-ring (bicyclic) bond motifs is 1. The van der Waals surface area contributed by atoms with Gasteiger partial charge in [-0.3, -0.25) is 4.79 Å². The lowest BCUT2D eigenvalue weighted by atomic mass is 10.1. The lowest BCUT2D eigenvalue weighted by Crippen LogP contribution is -2.15. The molecule has 3 rings (SSSR count). The Hall–Kier alpha value is -2.79. The summed E-state index contributed by atoms with van der Waals surface area (Å²) in [5.74, 6) is -0.948. The maximum absolute atomic E-state index is 12.2. The second kappa shape index (κ2) is 6.14. The third kappa shape index (κ3) is 3.05. The normalized spacial score (nSPS) is 10.7. The molecule has 0 aliphatic carbocycles. The first-order chi connectivity index (χ1) is 11.1. The van der Waals surface area contributed by atoms with Gasteiger partial charge in [0.25, 0.3) is 0 Å². The number of carbonyl (C=O) groups excluding carboxylic acids is 2. The lowest BCUT2D eigenvalue weighted by Gasteiger charge is -2.06. The van der Waals surface area contributed by atoms with E-state index in [0.717, 1.165) is 10.9 Å². The van der Waals surface area contributed by atoms with Crippen molar-refractivity contribution in [2.75, 3.05) is 12.3 Å². The summed E-state index contributed by atoms with van der Waals surface area (Å²) in [5.41, 5.74) is 7.45. The number of anilines is 1. The summed E-state index contributed by atoms with van der Waals surface area (Å²) < 4.78 is 5.06. The van der Waals surface area contributed by atoms with E-state index in [9.17, 15) is 9.59 Å². The van der Waals surface area contributed by atoms with Gasteiger partial charge in [-0.15, -0.1) is 0 Å². The van der Waals surface area contributed by atoms with E-state index in [1.165, 1.54) is 18.2 Å². The molecule has 0 fully saturated rings. The fourth-order valence-electron chi connectivity index (χ4n) is 2.31. The van der Waals surface area contributed by atoms with Crippen LogP contribution < -0.4 is 5.73 Å². The molecule has 5 nitrogen and oxygen atoms in total. The number of aromatic nitrogens is 1. The Morgan fingerprint density at radius 1 is 1.13 bits per heavy atom. The molecule has 1 heterocycles. The number of ketones is 1. The average Bonchev–Trinajstić information content (AvgIpc) is 2.96. The van der Waals surface area contributed by atoms with Crippen molar-refractivity contribution in [2.24, 2.45) is 0 Å². The quantitative estimate of drug-likeness (QED) is 0.436. The van der Waals surface area contributed by atoms with Crippen LogP contribution in [0.25, 0.3) is 10.9 Å². The van der Waals surface area contributed by atoms with Crippen molar-refractivity contribution in [1.82, 2.24) is 4.98 Å². The first-order valence-corrected chi connectivity index (χ1v) is 7.25. The Balaban J connectivity index is 1.72. The van der Waals surface area contributed by atoms with E-state index in [-0.39, 0.29) is 23.6 Å². The largest absolute Gasteiger partial charge is 0.454 e. The van der Waals surface area contributed by atoms with Gasteiger partial charge >= 0.3 is 5.97 Å². The number of nitrogens with one attached hydrogen (secondary N) is 1. The van der Waals surface area contributed by atoms with Gasteiger partial charge in [0.05, 0.1) is 5.56 Å². The average molecular weight is 329 g/mol. The molecule has 0 atom stereocenters. The third-order valence-electron chi connectivity index (χ3n) is 3.46. The fraction of sp³-hybridized carbons (Fsp3) is 0.0588. The molecule has 6 heteroatoms. The number of rotatable bonds is 4. The molecule has 1 aromatic heterocycles. The molecule has 0 saturated heterocycles. The van der Waals surface area contributed by atoms with E-state index < -0.39 is 5.97 Å². The molecular formula is C17H13ClN2O3. The van der Waals surface area contributed by atoms with Crippen LogP contribution in [-0.4, -0.2) is 23.3 Å². The number of carbonyl (C=O) groups is 2. The summed E-state index contributed by atoms with van der Waals surface area (Å²) in [5, 5.41) is 1.22. The highest BCUT2D eigenvalue weighted by atomic mass is 35.5. The van der Waals surface area contributed by atoms with Crippen LogP contribution in [0.15, 0.2) is 48.7 Å². The summed E-state index contributed by atoms with van der Waals surface area (Å²) >= 11 is 5.78. The predicted molar refractivity (Wildman–Crippen MR) is 88.8 cm³/mol. The van der Waals surface area contributed by atoms with Crippen LogP contribution >= 0.6 is 11.6 Å². The topological polar surface area (TPSA) is 85.2 Å². The second-order valence-electron chi connectivity index (χ2n) is 4.98. The van der Waals surface area contributed by atoms with Gasteiger partial charge < -0.3 is 15.5 Å². The Morgan fingerprint density at radius 2 is 1.91 bits per heavy atom. The zero-order chi connectivity index (χ0) is 16.4. The van der Waals surface area contributed by atoms with Crippen molar-refractivity contribution >= 4 is 39.9 Å². The molecule has 0 saturated carbocycles.